The Kier molecular flexibility index (Phi) is 5.78. The van der Waals surface area contributed by atoms with Crippen molar-refractivity contribution in [3.8, 4) is 10.6 Å². The average Bonchev–Trinajstić information content (AvgIpc) is 3.46. The highest BCUT2D eigenvalue weighted by atomic mass is 32.1. The molecule has 0 saturated heterocycles. The maximum atomic E-state index is 12.5. The molecule has 0 aliphatic carbocycles. The first-order valence-corrected chi connectivity index (χ1v) is 10.9. The molecule has 3 aromatic heterocycles. The van der Waals surface area contributed by atoms with Gasteiger partial charge in [-0.05, 0) is 24.3 Å². The number of fused-ring (bicyclic) bond motifs is 1. The van der Waals surface area contributed by atoms with Crippen LogP contribution in [-0.2, 0) is 22.7 Å². The average molecular weight is 456 g/mol. The fraction of sp³-hybridized carbons (Fsp3) is 0.150. The minimum atomic E-state index is -0.445. The number of nitro groups is 1. The van der Waals surface area contributed by atoms with Gasteiger partial charge in [0.05, 0.1) is 22.0 Å². The molecular weight excluding hydrogens is 438 g/mol. The zero-order chi connectivity index (χ0) is 22.0. The van der Waals surface area contributed by atoms with E-state index in [1.54, 1.807) is 22.9 Å². The minimum Gasteiger partial charge on any atom is -0.351 e. The van der Waals surface area contributed by atoms with Gasteiger partial charge in [-0.15, -0.1) is 22.7 Å². The molecule has 0 fully saturated rings. The monoisotopic (exact) mass is 455 g/mol. The third kappa shape index (κ3) is 4.78. The number of carbonyl (C=O) groups is 2. The number of nitro benzene ring substituents is 1. The van der Waals surface area contributed by atoms with E-state index in [4.69, 9.17) is 0 Å². The number of hydrogen-bond acceptors (Lipinski definition) is 7. The molecule has 0 aliphatic heterocycles. The summed E-state index contributed by atoms with van der Waals surface area (Å²) in [4.78, 5) is 40.4. The molecule has 9 nitrogen and oxygen atoms in total. The van der Waals surface area contributed by atoms with Crippen LogP contribution in [0.15, 0.2) is 48.0 Å². The quantitative estimate of drug-likeness (QED) is 0.322. The standard InChI is InChI=1S/C20H17N5O4S2/c1-12(26)21-9-15-3-5-18(31-15)16-11-30-20(22-16)23-19(27)10-24-7-6-13-8-14(25(28)29)2-4-17(13)24/h2-8,11H,9-10H2,1H3,(H,21,26)(H,22,23,27). The molecule has 3 heterocycles. The van der Waals surface area contributed by atoms with Crippen molar-refractivity contribution >= 4 is 56.2 Å². The van der Waals surface area contributed by atoms with Crippen LogP contribution in [0.5, 0.6) is 0 Å². The molecule has 4 rings (SSSR count). The van der Waals surface area contributed by atoms with Gasteiger partial charge in [0.2, 0.25) is 11.8 Å². The van der Waals surface area contributed by atoms with E-state index in [1.807, 2.05) is 17.5 Å². The van der Waals surface area contributed by atoms with E-state index in [1.165, 1.54) is 41.7 Å². The summed E-state index contributed by atoms with van der Waals surface area (Å²) in [6.45, 7) is 2.02. The van der Waals surface area contributed by atoms with E-state index in [0.717, 1.165) is 21.0 Å². The lowest BCUT2D eigenvalue weighted by molar-refractivity contribution is -0.384. The normalized spacial score (nSPS) is 10.9. The maximum absolute atomic E-state index is 12.5. The highest BCUT2D eigenvalue weighted by molar-refractivity contribution is 7.17. The molecule has 4 aromatic rings. The van der Waals surface area contributed by atoms with Gasteiger partial charge in [-0.25, -0.2) is 4.98 Å². The molecule has 0 radical (unpaired) electrons. The summed E-state index contributed by atoms with van der Waals surface area (Å²) >= 11 is 2.86. The number of amides is 2. The van der Waals surface area contributed by atoms with Crippen molar-refractivity contribution in [3.05, 3.63) is 63.0 Å². The Morgan fingerprint density at radius 2 is 2.06 bits per heavy atom. The second kappa shape index (κ2) is 8.66. The number of nitrogens with one attached hydrogen (secondary N) is 2. The Bertz CT molecular complexity index is 1290. The summed E-state index contributed by atoms with van der Waals surface area (Å²) < 4.78 is 1.73. The lowest BCUT2D eigenvalue weighted by Gasteiger charge is -2.05. The van der Waals surface area contributed by atoms with Crippen LogP contribution >= 0.6 is 22.7 Å². The molecular formula is C20H17N5O4S2. The van der Waals surface area contributed by atoms with Crippen LogP contribution in [0.2, 0.25) is 0 Å². The van der Waals surface area contributed by atoms with Crippen molar-refractivity contribution in [3.63, 3.8) is 0 Å². The van der Waals surface area contributed by atoms with E-state index in [-0.39, 0.29) is 24.0 Å². The number of benzene rings is 1. The summed E-state index contributed by atoms with van der Waals surface area (Å²) in [7, 11) is 0. The molecule has 2 N–H and O–H groups in total. The van der Waals surface area contributed by atoms with Crippen molar-refractivity contribution in [2.75, 3.05) is 5.32 Å². The molecule has 0 atom stereocenters. The first-order valence-electron chi connectivity index (χ1n) is 9.21. The third-order valence-corrected chi connectivity index (χ3v) is 6.32. The smallest absolute Gasteiger partial charge is 0.270 e. The van der Waals surface area contributed by atoms with Gasteiger partial charge in [0.25, 0.3) is 5.69 Å². The molecule has 0 spiro atoms. The molecule has 0 bridgehead atoms. The number of carbonyl (C=O) groups excluding carboxylic acids is 2. The van der Waals surface area contributed by atoms with Crippen molar-refractivity contribution in [2.24, 2.45) is 0 Å². The maximum Gasteiger partial charge on any atom is 0.270 e. The number of hydrogen-bond donors (Lipinski definition) is 2. The molecule has 0 saturated carbocycles. The highest BCUT2D eigenvalue weighted by Gasteiger charge is 2.13. The number of rotatable bonds is 7. The fourth-order valence-electron chi connectivity index (χ4n) is 3.02. The topological polar surface area (TPSA) is 119 Å². The van der Waals surface area contributed by atoms with Crippen molar-refractivity contribution < 1.29 is 14.5 Å². The van der Waals surface area contributed by atoms with E-state index < -0.39 is 4.92 Å². The Morgan fingerprint density at radius 3 is 2.84 bits per heavy atom. The molecule has 1 aromatic carbocycles. The van der Waals surface area contributed by atoms with Crippen molar-refractivity contribution in [1.82, 2.24) is 14.9 Å². The predicted molar refractivity (Wildman–Crippen MR) is 120 cm³/mol. The lowest BCUT2D eigenvalue weighted by Crippen LogP contribution is -2.18. The first kappa shape index (κ1) is 20.7. The highest BCUT2D eigenvalue weighted by Crippen LogP contribution is 2.31. The number of nitrogens with zero attached hydrogens (tertiary/aromatic N) is 3. The molecule has 158 valence electrons. The predicted octanol–water partition coefficient (Wildman–Crippen LogP) is 4.01. The second-order valence-electron chi connectivity index (χ2n) is 6.71. The van der Waals surface area contributed by atoms with E-state index >= 15 is 0 Å². The van der Waals surface area contributed by atoms with Gasteiger partial charge in [0.15, 0.2) is 5.13 Å². The van der Waals surface area contributed by atoms with Crippen LogP contribution in [0.25, 0.3) is 21.5 Å². The number of anilines is 1. The Hall–Kier alpha value is -3.57. The van der Waals surface area contributed by atoms with Gasteiger partial charge in [0.1, 0.15) is 6.54 Å². The minimum absolute atomic E-state index is 0.0128. The molecule has 2 amide bonds. The number of non-ortho nitro benzene ring substituents is 1. The van der Waals surface area contributed by atoms with Crippen LogP contribution in [0.1, 0.15) is 11.8 Å². The summed E-state index contributed by atoms with van der Waals surface area (Å²) in [5.74, 6) is -0.323. The molecule has 0 unspecified atom stereocenters. The van der Waals surface area contributed by atoms with E-state index in [9.17, 15) is 19.7 Å². The van der Waals surface area contributed by atoms with Crippen LogP contribution < -0.4 is 10.6 Å². The van der Waals surface area contributed by atoms with E-state index in [2.05, 4.69) is 15.6 Å². The van der Waals surface area contributed by atoms with Crippen molar-refractivity contribution in [2.45, 2.75) is 20.0 Å². The third-order valence-electron chi connectivity index (χ3n) is 4.46. The van der Waals surface area contributed by atoms with Crippen molar-refractivity contribution in [1.29, 1.82) is 0 Å². The SMILES string of the molecule is CC(=O)NCc1ccc(-c2csc(NC(=O)Cn3ccc4cc([N+](=O)[O-])ccc43)n2)s1. The zero-order valence-corrected chi connectivity index (χ0v) is 18.0. The molecule has 11 heteroatoms. The first-order chi connectivity index (χ1) is 14.9. The Balaban J connectivity index is 1.41. The molecule has 31 heavy (non-hydrogen) atoms. The van der Waals surface area contributed by atoms with Gasteiger partial charge in [-0.2, -0.15) is 0 Å². The summed E-state index contributed by atoms with van der Waals surface area (Å²) in [5.41, 5.74) is 1.52. The second-order valence-corrected chi connectivity index (χ2v) is 8.73. The fourth-order valence-corrected chi connectivity index (χ4v) is 4.73. The summed E-state index contributed by atoms with van der Waals surface area (Å²) in [5, 5.41) is 19.5. The number of thiazole rings is 1. The number of aromatic nitrogens is 2. The lowest BCUT2D eigenvalue weighted by atomic mass is 10.2. The molecule has 0 aliphatic rings. The van der Waals surface area contributed by atoms with Crippen LogP contribution in [-0.4, -0.2) is 26.3 Å². The van der Waals surface area contributed by atoms with Crippen LogP contribution in [0.4, 0.5) is 10.8 Å². The van der Waals surface area contributed by atoms with Gasteiger partial charge in [-0.1, -0.05) is 0 Å². The largest absolute Gasteiger partial charge is 0.351 e. The van der Waals surface area contributed by atoms with E-state index in [0.29, 0.717) is 17.1 Å². The zero-order valence-electron chi connectivity index (χ0n) is 16.3. The Labute approximate surface area is 184 Å². The van der Waals surface area contributed by atoms with Gasteiger partial charge < -0.3 is 15.2 Å². The summed E-state index contributed by atoms with van der Waals surface area (Å²) in [6.07, 6.45) is 1.73. The number of thiophene rings is 1. The van der Waals surface area contributed by atoms with Gasteiger partial charge in [0, 0.05) is 46.4 Å². The summed E-state index contributed by atoms with van der Waals surface area (Å²) in [6, 6.07) is 10.2. The van der Waals surface area contributed by atoms with Crippen LogP contribution in [0.3, 0.4) is 0 Å². The van der Waals surface area contributed by atoms with Gasteiger partial charge in [-0.3, -0.25) is 19.7 Å². The van der Waals surface area contributed by atoms with Crippen LogP contribution in [0, 0.1) is 10.1 Å². The Morgan fingerprint density at radius 1 is 1.23 bits per heavy atom. The van der Waals surface area contributed by atoms with Gasteiger partial charge >= 0.3 is 0 Å².